The van der Waals surface area contributed by atoms with Crippen molar-refractivity contribution >= 4 is 34.7 Å². The minimum absolute atomic E-state index is 0.228. The highest BCUT2D eigenvalue weighted by molar-refractivity contribution is 14.1. The molecule has 0 unspecified atom stereocenters. The predicted molar refractivity (Wildman–Crippen MR) is 87.1 cm³/mol. The molecule has 0 aliphatic carbocycles. The van der Waals surface area contributed by atoms with E-state index < -0.39 is 0 Å². The SMILES string of the molecule is Cc1ccc(C(=O)N/N=C\c2ccc(O)c(I)c2)cc1. The summed E-state index contributed by atoms with van der Waals surface area (Å²) in [6.45, 7) is 1.96. The van der Waals surface area contributed by atoms with Gasteiger partial charge in [-0.2, -0.15) is 5.10 Å². The number of phenolic OH excluding ortho intramolecular Hbond substituents is 1. The Bertz CT molecular complexity index is 651. The number of hydrogen-bond acceptors (Lipinski definition) is 3. The third-order valence-corrected chi connectivity index (χ3v) is 3.53. The Morgan fingerprint density at radius 2 is 1.95 bits per heavy atom. The zero-order chi connectivity index (χ0) is 14.5. The van der Waals surface area contributed by atoms with Gasteiger partial charge >= 0.3 is 0 Å². The second-order valence-corrected chi connectivity index (χ2v) is 5.44. The van der Waals surface area contributed by atoms with Crippen molar-refractivity contribution in [3.8, 4) is 5.75 Å². The molecule has 4 nitrogen and oxygen atoms in total. The van der Waals surface area contributed by atoms with E-state index in [0.717, 1.165) is 14.7 Å². The van der Waals surface area contributed by atoms with Gasteiger partial charge in [-0.3, -0.25) is 4.79 Å². The minimum atomic E-state index is -0.255. The summed E-state index contributed by atoms with van der Waals surface area (Å²) >= 11 is 2.03. The van der Waals surface area contributed by atoms with Crippen LogP contribution in [0.2, 0.25) is 0 Å². The summed E-state index contributed by atoms with van der Waals surface area (Å²) in [5, 5.41) is 13.3. The molecule has 2 rings (SSSR count). The van der Waals surface area contributed by atoms with Gasteiger partial charge in [0.05, 0.1) is 9.78 Å². The molecule has 1 amide bonds. The van der Waals surface area contributed by atoms with E-state index in [1.54, 1.807) is 30.3 Å². The van der Waals surface area contributed by atoms with Gasteiger partial charge in [0.1, 0.15) is 5.75 Å². The minimum Gasteiger partial charge on any atom is -0.507 e. The first-order valence-electron chi connectivity index (χ1n) is 5.95. The topological polar surface area (TPSA) is 61.7 Å². The summed E-state index contributed by atoms with van der Waals surface area (Å²) in [6, 6.07) is 12.3. The van der Waals surface area contributed by atoms with Gasteiger partial charge in [-0.25, -0.2) is 5.43 Å². The van der Waals surface area contributed by atoms with Gasteiger partial charge in [-0.05, 0) is 65.4 Å². The van der Waals surface area contributed by atoms with Crippen LogP contribution in [0.3, 0.4) is 0 Å². The van der Waals surface area contributed by atoms with E-state index in [9.17, 15) is 9.90 Å². The van der Waals surface area contributed by atoms with Crippen LogP contribution in [0, 0.1) is 10.5 Å². The van der Waals surface area contributed by atoms with Crippen molar-refractivity contribution in [1.82, 2.24) is 5.43 Å². The van der Waals surface area contributed by atoms with E-state index in [1.165, 1.54) is 6.21 Å². The number of rotatable bonds is 3. The standard InChI is InChI=1S/C15H13IN2O2/c1-10-2-5-12(6-3-10)15(20)18-17-9-11-4-7-14(19)13(16)8-11/h2-9,19H,1H3,(H,18,20)/b17-9-. The van der Waals surface area contributed by atoms with Crippen molar-refractivity contribution in [1.29, 1.82) is 0 Å². The fraction of sp³-hybridized carbons (Fsp3) is 0.0667. The van der Waals surface area contributed by atoms with E-state index in [0.29, 0.717) is 5.56 Å². The van der Waals surface area contributed by atoms with Crippen LogP contribution in [0.5, 0.6) is 5.75 Å². The summed E-state index contributed by atoms with van der Waals surface area (Å²) in [7, 11) is 0. The number of nitrogens with one attached hydrogen (secondary N) is 1. The first-order chi connectivity index (χ1) is 9.56. The summed E-state index contributed by atoms with van der Waals surface area (Å²) in [5.74, 6) is -0.0267. The largest absolute Gasteiger partial charge is 0.507 e. The number of aryl methyl sites for hydroxylation is 1. The second-order valence-electron chi connectivity index (χ2n) is 4.28. The fourth-order valence-corrected chi connectivity index (χ4v) is 2.08. The van der Waals surface area contributed by atoms with Gasteiger partial charge in [0.25, 0.3) is 5.91 Å². The number of benzene rings is 2. The maximum atomic E-state index is 11.8. The number of nitrogens with zero attached hydrogens (tertiary/aromatic N) is 1. The van der Waals surface area contributed by atoms with Crippen LogP contribution in [-0.4, -0.2) is 17.2 Å². The van der Waals surface area contributed by atoms with E-state index in [1.807, 2.05) is 41.6 Å². The van der Waals surface area contributed by atoms with Crippen LogP contribution < -0.4 is 5.43 Å². The van der Waals surface area contributed by atoms with E-state index >= 15 is 0 Å². The molecular weight excluding hydrogens is 367 g/mol. The molecule has 2 N–H and O–H groups in total. The number of phenols is 1. The Morgan fingerprint density at radius 1 is 1.25 bits per heavy atom. The average Bonchev–Trinajstić information content (AvgIpc) is 2.43. The highest BCUT2D eigenvalue weighted by Crippen LogP contribution is 2.19. The molecule has 102 valence electrons. The Hall–Kier alpha value is -1.89. The number of amides is 1. The van der Waals surface area contributed by atoms with Crippen LogP contribution in [0.4, 0.5) is 0 Å². The summed E-state index contributed by atoms with van der Waals surface area (Å²) in [4.78, 5) is 11.8. The molecule has 0 saturated carbocycles. The molecule has 20 heavy (non-hydrogen) atoms. The lowest BCUT2D eigenvalue weighted by molar-refractivity contribution is 0.0955. The molecule has 0 heterocycles. The number of carbonyl (C=O) groups is 1. The van der Waals surface area contributed by atoms with Crippen molar-refractivity contribution in [3.05, 3.63) is 62.7 Å². The van der Waals surface area contributed by atoms with Crippen LogP contribution in [0.25, 0.3) is 0 Å². The summed E-state index contributed by atoms with van der Waals surface area (Å²) < 4.78 is 0.733. The molecule has 0 radical (unpaired) electrons. The van der Waals surface area contributed by atoms with Crippen molar-refractivity contribution in [3.63, 3.8) is 0 Å². The number of carbonyl (C=O) groups excluding carboxylic acids is 1. The molecule has 0 bridgehead atoms. The van der Waals surface area contributed by atoms with Crippen molar-refractivity contribution in [2.45, 2.75) is 6.92 Å². The Kier molecular flexibility index (Phi) is 4.73. The molecular formula is C15H13IN2O2. The van der Waals surface area contributed by atoms with Crippen LogP contribution in [0.15, 0.2) is 47.6 Å². The maximum Gasteiger partial charge on any atom is 0.271 e. The third-order valence-electron chi connectivity index (χ3n) is 2.67. The molecule has 0 atom stereocenters. The van der Waals surface area contributed by atoms with Gasteiger partial charge < -0.3 is 5.11 Å². The van der Waals surface area contributed by atoms with Crippen molar-refractivity contribution < 1.29 is 9.90 Å². The maximum absolute atomic E-state index is 11.8. The first kappa shape index (κ1) is 14.5. The van der Waals surface area contributed by atoms with Gasteiger partial charge in [-0.15, -0.1) is 0 Å². The summed E-state index contributed by atoms with van der Waals surface area (Å²) in [6.07, 6.45) is 1.54. The van der Waals surface area contributed by atoms with Crippen LogP contribution in [-0.2, 0) is 0 Å². The Labute approximate surface area is 130 Å². The molecule has 5 heteroatoms. The normalized spacial score (nSPS) is 10.7. The molecule has 2 aromatic carbocycles. The van der Waals surface area contributed by atoms with E-state index in [2.05, 4.69) is 10.5 Å². The van der Waals surface area contributed by atoms with E-state index in [4.69, 9.17) is 0 Å². The monoisotopic (exact) mass is 380 g/mol. The van der Waals surface area contributed by atoms with Crippen LogP contribution in [0.1, 0.15) is 21.5 Å². The number of hydrazone groups is 1. The third kappa shape index (κ3) is 3.80. The van der Waals surface area contributed by atoms with Gasteiger partial charge in [0.2, 0.25) is 0 Å². The zero-order valence-electron chi connectivity index (χ0n) is 10.8. The van der Waals surface area contributed by atoms with Crippen molar-refractivity contribution in [2.75, 3.05) is 0 Å². The smallest absolute Gasteiger partial charge is 0.271 e. The number of hydrogen-bond donors (Lipinski definition) is 2. The molecule has 2 aromatic rings. The van der Waals surface area contributed by atoms with Crippen LogP contribution >= 0.6 is 22.6 Å². The Balaban J connectivity index is 2.00. The predicted octanol–water partition coefficient (Wildman–Crippen LogP) is 3.07. The van der Waals surface area contributed by atoms with Crippen molar-refractivity contribution in [2.24, 2.45) is 5.10 Å². The highest BCUT2D eigenvalue weighted by Gasteiger charge is 2.02. The summed E-state index contributed by atoms with van der Waals surface area (Å²) in [5.41, 5.74) is 4.93. The molecule has 0 aromatic heterocycles. The second kappa shape index (κ2) is 6.51. The highest BCUT2D eigenvalue weighted by atomic mass is 127. The zero-order valence-corrected chi connectivity index (χ0v) is 13.0. The quantitative estimate of drug-likeness (QED) is 0.489. The molecule has 0 aliphatic heterocycles. The molecule has 0 aliphatic rings. The lowest BCUT2D eigenvalue weighted by Crippen LogP contribution is -2.17. The Morgan fingerprint density at radius 3 is 2.60 bits per heavy atom. The number of aromatic hydroxyl groups is 1. The fourth-order valence-electron chi connectivity index (χ4n) is 1.54. The molecule has 0 saturated heterocycles. The van der Waals surface area contributed by atoms with Gasteiger partial charge in [0.15, 0.2) is 0 Å². The average molecular weight is 380 g/mol. The first-order valence-corrected chi connectivity index (χ1v) is 7.03. The lowest BCUT2D eigenvalue weighted by atomic mass is 10.1. The van der Waals surface area contributed by atoms with E-state index in [-0.39, 0.29) is 11.7 Å². The lowest BCUT2D eigenvalue weighted by Gasteiger charge is -2.01. The number of halogens is 1. The van der Waals surface area contributed by atoms with Gasteiger partial charge in [0, 0.05) is 5.56 Å². The molecule has 0 fully saturated rings. The van der Waals surface area contributed by atoms with Gasteiger partial charge in [-0.1, -0.05) is 17.7 Å². The molecule has 0 spiro atoms.